The van der Waals surface area contributed by atoms with Crippen molar-refractivity contribution < 1.29 is 0 Å². The van der Waals surface area contributed by atoms with Gasteiger partial charge in [0.15, 0.2) is 0 Å². The molecule has 1 aromatic carbocycles. The molecule has 0 fully saturated rings. The first kappa shape index (κ1) is 14.0. The molecular formula is C15H12ClN3OS. The summed E-state index contributed by atoms with van der Waals surface area (Å²) in [7, 11) is 0. The van der Waals surface area contributed by atoms with Gasteiger partial charge < -0.3 is 0 Å². The van der Waals surface area contributed by atoms with Gasteiger partial charge in [0.05, 0.1) is 11.6 Å². The number of thiophene rings is 1. The summed E-state index contributed by atoms with van der Waals surface area (Å²) in [4.78, 5) is 18.6. The number of fused-ring (bicyclic) bond motifs is 1. The summed E-state index contributed by atoms with van der Waals surface area (Å²) in [6, 6.07) is 7.23. The third-order valence-electron chi connectivity index (χ3n) is 3.27. The van der Waals surface area contributed by atoms with E-state index < -0.39 is 0 Å². The van der Waals surface area contributed by atoms with E-state index in [4.69, 9.17) is 11.6 Å². The second kappa shape index (κ2) is 5.42. The Morgan fingerprint density at radius 1 is 1.29 bits per heavy atom. The summed E-state index contributed by atoms with van der Waals surface area (Å²) < 4.78 is 1.26. The van der Waals surface area contributed by atoms with Gasteiger partial charge in [-0.05, 0) is 37.1 Å². The van der Waals surface area contributed by atoms with Gasteiger partial charge in [0.25, 0.3) is 5.56 Å². The van der Waals surface area contributed by atoms with Crippen LogP contribution in [0.4, 0.5) is 0 Å². The van der Waals surface area contributed by atoms with Gasteiger partial charge in [0.1, 0.15) is 11.2 Å². The van der Waals surface area contributed by atoms with Gasteiger partial charge in [-0.2, -0.15) is 9.78 Å². The summed E-state index contributed by atoms with van der Waals surface area (Å²) in [5, 5.41) is 5.49. The third kappa shape index (κ3) is 2.62. The number of benzene rings is 1. The van der Waals surface area contributed by atoms with Gasteiger partial charge in [-0.25, -0.2) is 4.98 Å². The van der Waals surface area contributed by atoms with Gasteiger partial charge >= 0.3 is 0 Å². The molecule has 0 N–H and O–H groups in total. The van der Waals surface area contributed by atoms with E-state index in [-0.39, 0.29) is 5.56 Å². The second-order valence-corrected chi connectivity index (χ2v) is 6.29. The first-order chi connectivity index (χ1) is 10.1. The number of hydrogen-bond donors (Lipinski definition) is 0. The van der Waals surface area contributed by atoms with Crippen molar-refractivity contribution in [3.8, 4) is 0 Å². The molecule has 0 aliphatic rings. The third-order valence-corrected chi connectivity index (χ3v) is 4.64. The molecule has 0 atom stereocenters. The fourth-order valence-corrected chi connectivity index (χ4v) is 3.10. The van der Waals surface area contributed by atoms with Crippen LogP contribution in [-0.4, -0.2) is 15.9 Å². The fraction of sp³-hybridized carbons (Fsp3) is 0.133. The Hall–Kier alpha value is -1.98. The molecule has 21 heavy (non-hydrogen) atoms. The lowest BCUT2D eigenvalue weighted by atomic mass is 10.2. The molecule has 0 amide bonds. The van der Waals surface area contributed by atoms with E-state index in [9.17, 15) is 4.79 Å². The summed E-state index contributed by atoms with van der Waals surface area (Å²) in [5.41, 5.74) is 1.69. The first-order valence-electron chi connectivity index (χ1n) is 6.33. The number of hydrogen-bond acceptors (Lipinski definition) is 4. The Morgan fingerprint density at radius 3 is 2.71 bits per heavy atom. The molecule has 0 spiro atoms. The van der Waals surface area contributed by atoms with Crippen LogP contribution in [0.2, 0.25) is 5.02 Å². The molecule has 3 aromatic rings. The highest BCUT2D eigenvalue weighted by molar-refractivity contribution is 7.18. The van der Waals surface area contributed by atoms with Crippen LogP contribution in [0.25, 0.3) is 10.2 Å². The normalized spacial score (nSPS) is 11.6. The largest absolute Gasteiger partial charge is 0.282 e. The molecule has 3 rings (SSSR count). The van der Waals surface area contributed by atoms with Gasteiger partial charge in [-0.3, -0.25) is 4.79 Å². The number of aryl methyl sites for hydroxylation is 2. The Bertz CT molecular complexity index is 894. The lowest BCUT2D eigenvalue weighted by Crippen LogP contribution is -2.16. The van der Waals surface area contributed by atoms with E-state index in [1.807, 2.05) is 26.0 Å². The van der Waals surface area contributed by atoms with Gasteiger partial charge in [0, 0.05) is 9.90 Å². The Kier molecular flexibility index (Phi) is 3.61. The lowest BCUT2D eigenvalue weighted by Gasteiger charge is -1.98. The number of halogens is 1. The molecule has 6 heteroatoms. The van der Waals surface area contributed by atoms with Crippen molar-refractivity contribution in [1.29, 1.82) is 0 Å². The molecule has 0 saturated heterocycles. The Labute approximate surface area is 130 Å². The molecule has 0 bridgehead atoms. The van der Waals surface area contributed by atoms with Crippen molar-refractivity contribution in [2.75, 3.05) is 0 Å². The highest BCUT2D eigenvalue weighted by Crippen LogP contribution is 2.25. The fourth-order valence-electron chi connectivity index (χ4n) is 1.99. The minimum Gasteiger partial charge on any atom is -0.267 e. The molecule has 0 aliphatic heterocycles. The zero-order valence-corrected chi connectivity index (χ0v) is 13.1. The Morgan fingerprint density at radius 2 is 2.00 bits per heavy atom. The Balaban J connectivity index is 2.05. The smallest absolute Gasteiger partial charge is 0.267 e. The molecule has 0 aliphatic carbocycles. The summed E-state index contributed by atoms with van der Waals surface area (Å²) in [5.74, 6) is 0. The topological polar surface area (TPSA) is 47.2 Å². The minimum absolute atomic E-state index is 0.146. The van der Waals surface area contributed by atoms with Gasteiger partial charge in [-0.15, -0.1) is 11.3 Å². The van der Waals surface area contributed by atoms with Crippen LogP contribution in [0.15, 0.2) is 40.5 Å². The quantitative estimate of drug-likeness (QED) is 0.678. The van der Waals surface area contributed by atoms with Crippen molar-refractivity contribution in [2.45, 2.75) is 13.8 Å². The maximum atomic E-state index is 12.4. The van der Waals surface area contributed by atoms with Crippen LogP contribution in [0.1, 0.15) is 16.0 Å². The minimum atomic E-state index is -0.146. The molecular weight excluding hydrogens is 306 g/mol. The zero-order valence-electron chi connectivity index (χ0n) is 11.5. The van der Waals surface area contributed by atoms with Gasteiger partial charge in [0.2, 0.25) is 0 Å². The van der Waals surface area contributed by atoms with Crippen LogP contribution in [0.5, 0.6) is 0 Å². The average molecular weight is 318 g/mol. The predicted octanol–water partition coefficient (Wildman–Crippen LogP) is 3.61. The van der Waals surface area contributed by atoms with Crippen molar-refractivity contribution in [2.24, 2.45) is 5.10 Å². The summed E-state index contributed by atoms with van der Waals surface area (Å²) in [6.45, 7) is 3.92. The molecule has 0 unspecified atom stereocenters. The van der Waals surface area contributed by atoms with Crippen molar-refractivity contribution >= 4 is 39.4 Å². The molecule has 0 saturated carbocycles. The zero-order chi connectivity index (χ0) is 15.0. The molecule has 2 aromatic heterocycles. The molecule has 106 valence electrons. The maximum Gasteiger partial charge on any atom is 0.282 e. The molecule has 4 nitrogen and oxygen atoms in total. The number of aromatic nitrogens is 2. The number of rotatable bonds is 2. The van der Waals surface area contributed by atoms with Gasteiger partial charge in [-0.1, -0.05) is 23.7 Å². The van der Waals surface area contributed by atoms with E-state index in [0.717, 1.165) is 20.8 Å². The van der Waals surface area contributed by atoms with Crippen molar-refractivity contribution in [3.63, 3.8) is 0 Å². The van der Waals surface area contributed by atoms with Crippen LogP contribution in [0.3, 0.4) is 0 Å². The highest BCUT2D eigenvalue weighted by atomic mass is 35.5. The van der Waals surface area contributed by atoms with Crippen molar-refractivity contribution in [3.05, 3.63) is 62.0 Å². The monoisotopic (exact) mass is 317 g/mol. The van der Waals surface area contributed by atoms with Crippen LogP contribution < -0.4 is 5.56 Å². The van der Waals surface area contributed by atoms with Crippen molar-refractivity contribution in [1.82, 2.24) is 9.66 Å². The molecule has 0 radical (unpaired) electrons. The van der Waals surface area contributed by atoms with E-state index in [1.165, 1.54) is 22.3 Å². The number of nitrogens with zero attached hydrogens (tertiary/aromatic N) is 3. The highest BCUT2D eigenvalue weighted by Gasteiger charge is 2.11. The van der Waals surface area contributed by atoms with E-state index in [2.05, 4.69) is 10.1 Å². The van der Waals surface area contributed by atoms with Crippen LogP contribution in [-0.2, 0) is 0 Å². The predicted molar refractivity (Wildman–Crippen MR) is 87.8 cm³/mol. The SMILES string of the molecule is Cc1sc2ncn(/N=C/c3ccc(Cl)cc3)c(=O)c2c1C. The van der Waals surface area contributed by atoms with E-state index >= 15 is 0 Å². The standard InChI is InChI=1S/C15H12ClN3OS/c1-9-10(2)21-14-13(9)15(20)19(8-17-14)18-7-11-3-5-12(16)6-4-11/h3-8H,1-2H3/b18-7+. The van der Waals surface area contributed by atoms with Crippen LogP contribution >= 0.6 is 22.9 Å². The first-order valence-corrected chi connectivity index (χ1v) is 7.53. The summed E-state index contributed by atoms with van der Waals surface area (Å²) >= 11 is 7.36. The maximum absolute atomic E-state index is 12.4. The lowest BCUT2D eigenvalue weighted by molar-refractivity contribution is 0.818. The van der Waals surface area contributed by atoms with E-state index in [0.29, 0.717) is 10.4 Å². The summed E-state index contributed by atoms with van der Waals surface area (Å²) in [6.07, 6.45) is 3.06. The second-order valence-electron chi connectivity index (χ2n) is 4.65. The average Bonchev–Trinajstić information content (AvgIpc) is 2.76. The van der Waals surface area contributed by atoms with Crippen LogP contribution in [0, 0.1) is 13.8 Å². The molecule has 2 heterocycles. The van der Waals surface area contributed by atoms with E-state index in [1.54, 1.807) is 18.3 Å².